The van der Waals surface area contributed by atoms with E-state index in [-0.39, 0.29) is 12.0 Å². The summed E-state index contributed by atoms with van der Waals surface area (Å²) in [5.41, 5.74) is 0.979. The number of nitriles is 1. The minimum atomic E-state index is -0.336. The van der Waals surface area contributed by atoms with Crippen LogP contribution in [0, 0.1) is 11.3 Å². The highest BCUT2D eigenvalue weighted by Crippen LogP contribution is 2.25. The van der Waals surface area contributed by atoms with E-state index in [1.54, 1.807) is 7.11 Å². The lowest BCUT2D eigenvalue weighted by molar-refractivity contribution is 0.126. The normalized spacial score (nSPS) is 13.7. The van der Waals surface area contributed by atoms with Crippen molar-refractivity contribution in [1.82, 2.24) is 10.1 Å². The lowest BCUT2D eigenvalue weighted by atomic mass is 10.1. The minimum absolute atomic E-state index is 0.0733. The van der Waals surface area contributed by atoms with Crippen LogP contribution in [0.5, 0.6) is 0 Å². The van der Waals surface area contributed by atoms with Crippen molar-refractivity contribution in [3.05, 3.63) is 47.6 Å². The van der Waals surface area contributed by atoms with Gasteiger partial charge in [-0.25, -0.2) is 0 Å². The second kappa shape index (κ2) is 6.83. The van der Waals surface area contributed by atoms with Crippen molar-refractivity contribution in [3.8, 4) is 6.07 Å². The van der Waals surface area contributed by atoms with Crippen molar-refractivity contribution in [2.45, 2.75) is 31.8 Å². The van der Waals surface area contributed by atoms with Gasteiger partial charge in [-0.15, -0.1) is 0 Å². The molecule has 0 fully saturated rings. The van der Waals surface area contributed by atoms with E-state index in [9.17, 15) is 0 Å². The molecule has 1 aromatic carbocycles. The molecular weight excluding hydrogens is 254 g/mol. The van der Waals surface area contributed by atoms with Gasteiger partial charge in [0.1, 0.15) is 6.10 Å². The van der Waals surface area contributed by atoms with Crippen LogP contribution >= 0.6 is 0 Å². The summed E-state index contributed by atoms with van der Waals surface area (Å²) in [5.74, 6) is 1.13. The molecule has 104 valence electrons. The summed E-state index contributed by atoms with van der Waals surface area (Å²) in [4.78, 5) is 4.40. The summed E-state index contributed by atoms with van der Waals surface area (Å²) in [7, 11) is 1.62. The van der Waals surface area contributed by atoms with Crippen LogP contribution in [0.3, 0.4) is 0 Å². The third-order valence-electron chi connectivity index (χ3n) is 3.14. The van der Waals surface area contributed by atoms with Crippen molar-refractivity contribution in [3.63, 3.8) is 0 Å². The van der Waals surface area contributed by atoms with Crippen LogP contribution in [0.15, 0.2) is 34.9 Å². The first kappa shape index (κ1) is 14.2. The largest absolute Gasteiger partial charge is 0.369 e. The molecule has 20 heavy (non-hydrogen) atoms. The van der Waals surface area contributed by atoms with Crippen LogP contribution in [0.4, 0.5) is 0 Å². The van der Waals surface area contributed by atoms with Gasteiger partial charge in [0.25, 0.3) is 0 Å². The molecular formula is C15H17N3O2. The summed E-state index contributed by atoms with van der Waals surface area (Å²) >= 11 is 0. The molecule has 0 aliphatic heterocycles. The number of aromatic nitrogens is 2. The Morgan fingerprint density at radius 3 is 2.75 bits per heavy atom. The monoisotopic (exact) mass is 271 g/mol. The zero-order valence-corrected chi connectivity index (χ0v) is 11.6. The number of rotatable bonds is 6. The maximum absolute atomic E-state index is 8.61. The topological polar surface area (TPSA) is 71.9 Å². The molecule has 0 bridgehead atoms. The smallest absolute Gasteiger partial charge is 0.229 e. The van der Waals surface area contributed by atoms with Gasteiger partial charge >= 0.3 is 0 Å². The lowest BCUT2D eigenvalue weighted by Gasteiger charge is -2.11. The van der Waals surface area contributed by atoms with Crippen LogP contribution in [0.1, 0.15) is 49.1 Å². The van der Waals surface area contributed by atoms with Gasteiger partial charge < -0.3 is 9.26 Å². The first-order valence-corrected chi connectivity index (χ1v) is 6.54. The summed E-state index contributed by atoms with van der Waals surface area (Å²) in [5, 5.41) is 12.6. The van der Waals surface area contributed by atoms with Crippen LogP contribution in [0.25, 0.3) is 0 Å². The molecule has 2 atom stereocenters. The Morgan fingerprint density at radius 1 is 1.35 bits per heavy atom. The van der Waals surface area contributed by atoms with E-state index >= 15 is 0 Å². The zero-order valence-electron chi connectivity index (χ0n) is 11.6. The summed E-state index contributed by atoms with van der Waals surface area (Å²) in [6.45, 7) is 1.97. The predicted molar refractivity (Wildman–Crippen MR) is 72.9 cm³/mol. The number of benzene rings is 1. The second-order valence-electron chi connectivity index (χ2n) is 4.62. The Labute approximate surface area is 118 Å². The first-order chi connectivity index (χ1) is 9.76. The van der Waals surface area contributed by atoms with Gasteiger partial charge in [0.2, 0.25) is 11.7 Å². The number of hydrogen-bond donors (Lipinski definition) is 0. The number of hydrogen-bond acceptors (Lipinski definition) is 5. The Hall–Kier alpha value is -2.19. The summed E-state index contributed by atoms with van der Waals surface area (Å²) in [6, 6.07) is 11.9. The van der Waals surface area contributed by atoms with Crippen molar-refractivity contribution in [2.24, 2.45) is 0 Å². The van der Waals surface area contributed by atoms with E-state index in [1.807, 2.05) is 37.3 Å². The van der Waals surface area contributed by atoms with Gasteiger partial charge in [0, 0.05) is 19.4 Å². The lowest BCUT2D eigenvalue weighted by Crippen LogP contribution is -2.05. The molecule has 0 aliphatic rings. The van der Waals surface area contributed by atoms with E-state index in [2.05, 4.69) is 16.2 Å². The van der Waals surface area contributed by atoms with Crippen molar-refractivity contribution >= 4 is 0 Å². The van der Waals surface area contributed by atoms with Crippen LogP contribution in [0.2, 0.25) is 0 Å². The summed E-state index contributed by atoms with van der Waals surface area (Å²) in [6.07, 6.45) is 0.851. The van der Waals surface area contributed by atoms with E-state index in [0.717, 1.165) is 5.56 Å². The standard InChI is InChI=1S/C15H17N3O2/c1-11(7-6-10-16)15-17-14(18-20-15)13(19-2)12-8-4-3-5-9-12/h3-5,8-9,11,13H,6-7H2,1-2H3. The highest BCUT2D eigenvalue weighted by molar-refractivity contribution is 5.22. The highest BCUT2D eigenvalue weighted by atomic mass is 16.5. The zero-order chi connectivity index (χ0) is 14.4. The van der Waals surface area contributed by atoms with E-state index in [1.165, 1.54) is 0 Å². The van der Waals surface area contributed by atoms with Crippen LogP contribution in [-0.2, 0) is 4.74 Å². The number of methoxy groups -OCH3 is 1. The molecule has 5 heteroatoms. The van der Waals surface area contributed by atoms with Gasteiger partial charge in [0.15, 0.2) is 0 Å². The molecule has 1 heterocycles. The summed E-state index contributed by atoms with van der Waals surface area (Å²) < 4.78 is 10.7. The fraction of sp³-hybridized carbons (Fsp3) is 0.400. The quantitative estimate of drug-likeness (QED) is 0.806. The highest BCUT2D eigenvalue weighted by Gasteiger charge is 2.21. The van der Waals surface area contributed by atoms with Gasteiger partial charge in [-0.2, -0.15) is 10.2 Å². The molecule has 1 aromatic heterocycles. The fourth-order valence-corrected chi connectivity index (χ4v) is 1.98. The SMILES string of the molecule is COC(c1ccccc1)c1noc(C(C)CCC#N)n1. The van der Waals surface area contributed by atoms with Crippen LogP contribution < -0.4 is 0 Å². The molecule has 0 amide bonds. The molecule has 0 saturated carbocycles. The van der Waals surface area contributed by atoms with Crippen molar-refractivity contribution < 1.29 is 9.26 Å². The average Bonchev–Trinajstić information content (AvgIpc) is 2.96. The predicted octanol–water partition coefficient (Wildman–Crippen LogP) is 3.21. The number of nitrogens with zero attached hydrogens (tertiary/aromatic N) is 3. The van der Waals surface area contributed by atoms with Gasteiger partial charge in [-0.3, -0.25) is 0 Å². The van der Waals surface area contributed by atoms with Crippen molar-refractivity contribution in [1.29, 1.82) is 5.26 Å². The van der Waals surface area contributed by atoms with E-state index in [4.69, 9.17) is 14.5 Å². The molecule has 0 spiro atoms. The van der Waals surface area contributed by atoms with E-state index < -0.39 is 0 Å². The molecule has 2 unspecified atom stereocenters. The van der Waals surface area contributed by atoms with Crippen molar-refractivity contribution in [2.75, 3.05) is 7.11 Å². The second-order valence-corrected chi connectivity index (χ2v) is 4.62. The fourth-order valence-electron chi connectivity index (χ4n) is 1.98. The molecule has 0 radical (unpaired) electrons. The molecule has 0 aliphatic carbocycles. The first-order valence-electron chi connectivity index (χ1n) is 6.54. The number of ether oxygens (including phenoxy) is 1. The van der Waals surface area contributed by atoms with Gasteiger partial charge in [-0.1, -0.05) is 42.4 Å². The molecule has 2 aromatic rings. The van der Waals surface area contributed by atoms with Gasteiger partial charge in [0.05, 0.1) is 6.07 Å². The maximum Gasteiger partial charge on any atom is 0.229 e. The molecule has 5 nitrogen and oxygen atoms in total. The third kappa shape index (κ3) is 3.22. The molecule has 0 saturated heterocycles. The van der Waals surface area contributed by atoms with Gasteiger partial charge in [-0.05, 0) is 12.0 Å². The Kier molecular flexibility index (Phi) is 4.85. The Bertz CT molecular complexity index is 574. The average molecular weight is 271 g/mol. The maximum atomic E-state index is 8.61. The molecule has 2 rings (SSSR count). The Balaban J connectivity index is 2.17. The minimum Gasteiger partial charge on any atom is -0.369 e. The third-order valence-corrected chi connectivity index (χ3v) is 3.14. The van der Waals surface area contributed by atoms with E-state index in [0.29, 0.717) is 24.6 Å². The molecule has 0 N–H and O–H groups in total. The van der Waals surface area contributed by atoms with Crippen LogP contribution in [-0.4, -0.2) is 17.3 Å². The Morgan fingerprint density at radius 2 is 2.10 bits per heavy atom.